The molecule has 4 rings (SSSR count). The van der Waals surface area contributed by atoms with Gasteiger partial charge in [-0.25, -0.2) is 0 Å². The first-order chi connectivity index (χ1) is 12.3. The lowest BCUT2D eigenvalue weighted by Gasteiger charge is -2.15. The van der Waals surface area contributed by atoms with Gasteiger partial charge in [-0.3, -0.25) is 9.78 Å². The van der Waals surface area contributed by atoms with Crippen LogP contribution in [0, 0.1) is 0 Å². The molecular formula is C21H20N2O2. The number of fused-ring (bicyclic) bond motifs is 2. The highest BCUT2D eigenvalue weighted by molar-refractivity contribution is 6.14. The van der Waals surface area contributed by atoms with Crippen LogP contribution < -0.4 is 10.1 Å². The summed E-state index contributed by atoms with van der Waals surface area (Å²) in [7, 11) is 0. The minimum absolute atomic E-state index is 0.0936. The zero-order valence-electron chi connectivity index (χ0n) is 14.2. The monoisotopic (exact) mass is 332 g/mol. The predicted octanol–water partition coefficient (Wildman–Crippen LogP) is 4.37. The summed E-state index contributed by atoms with van der Waals surface area (Å²) in [5.74, 6) is 0.595. The van der Waals surface area contributed by atoms with Crippen LogP contribution >= 0.6 is 0 Å². The van der Waals surface area contributed by atoms with Crippen molar-refractivity contribution in [2.75, 3.05) is 11.9 Å². The summed E-state index contributed by atoms with van der Waals surface area (Å²) >= 11 is 0. The van der Waals surface area contributed by atoms with Crippen LogP contribution in [-0.2, 0) is 12.8 Å². The van der Waals surface area contributed by atoms with E-state index in [-0.39, 0.29) is 5.91 Å². The number of aryl methyl sites for hydroxylation is 1. The van der Waals surface area contributed by atoms with Crippen LogP contribution in [0.15, 0.2) is 48.5 Å². The SMILES string of the molecule is CCOc1ccccc1NC(=O)c1c2c(nc3ccccc13)CCC2. The van der Waals surface area contributed by atoms with Gasteiger partial charge in [0.1, 0.15) is 5.75 Å². The molecule has 1 aliphatic rings. The summed E-state index contributed by atoms with van der Waals surface area (Å²) in [4.78, 5) is 17.9. The van der Waals surface area contributed by atoms with E-state index in [1.54, 1.807) is 0 Å². The zero-order chi connectivity index (χ0) is 17.2. The number of rotatable bonds is 4. The van der Waals surface area contributed by atoms with E-state index >= 15 is 0 Å². The van der Waals surface area contributed by atoms with Crippen LogP contribution in [0.3, 0.4) is 0 Å². The Bertz CT molecular complexity index is 950. The number of para-hydroxylation sites is 3. The van der Waals surface area contributed by atoms with E-state index in [4.69, 9.17) is 9.72 Å². The summed E-state index contributed by atoms with van der Waals surface area (Å²) in [6.45, 7) is 2.49. The molecule has 4 heteroatoms. The van der Waals surface area contributed by atoms with E-state index in [1.807, 2.05) is 55.5 Å². The number of ether oxygens (including phenoxy) is 1. The van der Waals surface area contributed by atoms with E-state index in [9.17, 15) is 4.79 Å². The maximum Gasteiger partial charge on any atom is 0.256 e. The molecule has 0 radical (unpaired) electrons. The van der Waals surface area contributed by atoms with Crippen LogP contribution in [0.25, 0.3) is 10.9 Å². The number of anilines is 1. The van der Waals surface area contributed by atoms with Crippen molar-refractivity contribution in [3.63, 3.8) is 0 Å². The second-order valence-electron chi connectivity index (χ2n) is 6.17. The van der Waals surface area contributed by atoms with Crippen LogP contribution in [0.4, 0.5) is 5.69 Å². The van der Waals surface area contributed by atoms with Gasteiger partial charge in [0, 0.05) is 11.1 Å². The van der Waals surface area contributed by atoms with Crippen LogP contribution in [0.2, 0.25) is 0 Å². The molecule has 1 N–H and O–H groups in total. The Morgan fingerprint density at radius 2 is 1.92 bits per heavy atom. The largest absolute Gasteiger partial charge is 0.492 e. The third-order valence-electron chi connectivity index (χ3n) is 4.58. The van der Waals surface area contributed by atoms with Crippen molar-refractivity contribution in [1.82, 2.24) is 4.98 Å². The topological polar surface area (TPSA) is 51.2 Å². The highest BCUT2D eigenvalue weighted by Crippen LogP contribution is 2.31. The zero-order valence-corrected chi connectivity index (χ0v) is 14.2. The fraction of sp³-hybridized carbons (Fsp3) is 0.238. The lowest BCUT2D eigenvalue weighted by atomic mass is 10.0. The van der Waals surface area contributed by atoms with Crippen molar-refractivity contribution in [2.45, 2.75) is 26.2 Å². The second kappa shape index (κ2) is 6.55. The molecular weight excluding hydrogens is 312 g/mol. The third-order valence-corrected chi connectivity index (χ3v) is 4.58. The Morgan fingerprint density at radius 3 is 2.80 bits per heavy atom. The van der Waals surface area contributed by atoms with E-state index < -0.39 is 0 Å². The fourth-order valence-electron chi connectivity index (χ4n) is 3.51. The van der Waals surface area contributed by atoms with Crippen molar-refractivity contribution in [3.8, 4) is 5.75 Å². The maximum atomic E-state index is 13.1. The summed E-state index contributed by atoms with van der Waals surface area (Å²) in [5, 5.41) is 3.95. The lowest BCUT2D eigenvalue weighted by Crippen LogP contribution is -2.16. The number of pyridine rings is 1. The minimum atomic E-state index is -0.0936. The van der Waals surface area contributed by atoms with Gasteiger partial charge in [0.2, 0.25) is 0 Å². The molecule has 1 aromatic heterocycles. The second-order valence-corrected chi connectivity index (χ2v) is 6.17. The molecule has 0 saturated heterocycles. The number of nitrogens with one attached hydrogen (secondary N) is 1. The molecule has 3 aromatic rings. The summed E-state index contributed by atoms with van der Waals surface area (Å²) in [6, 6.07) is 15.4. The first-order valence-electron chi connectivity index (χ1n) is 8.71. The van der Waals surface area contributed by atoms with Gasteiger partial charge in [0.15, 0.2) is 0 Å². The lowest BCUT2D eigenvalue weighted by molar-refractivity contribution is 0.102. The van der Waals surface area contributed by atoms with E-state index in [0.717, 1.165) is 47.0 Å². The number of carbonyl (C=O) groups is 1. The van der Waals surface area contributed by atoms with Crippen molar-refractivity contribution in [1.29, 1.82) is 0 Å². The predicted molar refractivity (Wildman–Crippen MR) is 99.3 cm³/mol. The van der Waals surface area contributed by atoms with Crippen molar-refractivity contribution < 1.29 is 9.53 Å². The molecule has 0 saturated carbocycles. The summed E-state index contributed by atoms with van der Waals surface area (Å²) in [6.07, 6.45) is 2.90. The normalized spacial score (nSPS) is 12.8. The molecule has 0 spiro atoms. The first-order valence-corrected chi connectivity index (χ1v) is 8.71. The smallest absolute Gasteiger partial charge is 0.256 e. The Hall–Kier alpha value is -2.88. The Labute approximate surface area is 146 Å². The van der Waals surface area contributed by atoms with Crippen LogP contribution in [0.1, 0.15) is 35.0 Å². The molecule has 0 bridgehead atoms. The maximum absolute atomic E-state index is 13.1. The molecule has 0 atom stereocenters. The molecule has 126 valence electrons. The number of aromatic nitrogens is 1. The molecule has 1 heterocycles. The van der Waals surface area contributed by atoms with Gasteiger partial charge in [0.05, 0.1) is 23.4 Å². The van der Waals surface area contributed by atoms with E-state index in [0.29, 0.717) is 18.0 Å². The van der Waals surface area contributed by atoms with Crippen molar-refractivity contribution in [2.24, 2.45) is 0 Å². The Kier molecular flexibility index (Phi) is 4.10. The number of hydrogen-bond acceptors (Lipinski definition) is 3. The molecule has 4 nitrogen and oxygen atoms in total. The first kappa shape index (κ1) is 15.6. The average Bonchev–Trinajstić information content (AvgIpc) is 3.09. The quantitative estimate of drug-likeness (QED) is 0.771. The molecule has 25 heavy (non-hydrogen) atoms. The number of benzene rings is 2. The summed E-state index contributed by atoms with van der Waals surface area (Å²) in [5.41, 5.74) is 4.48. The number of amides is 1. The third kappa shape index (κ3) is 2.84. The minimum Gasteiger partial charge on any atom is -0.492 e. The van der Waals surface area contributed by atoms with Crippen molar-refractivity contribution >= 4 is 22.5 Å². The molecule has 2 aromatic carbocycles. The molecule has 1 amide bonds. The summed E-state index contributed by atoms with van der Waals surface area (Å²) < 4.78 is 5.63. The van der Waals surface area contributed by atoms with Gasteiger partial charge in [-0.2, -0.15) is 0 Å². The average molecular weight is 332 g/mol. The molecule has 0 fully saturated rings. The highest BCUT2D eigenvalue weighted by Gasteiger charge is 2.24. The van der Waals surface area contributed by atoms with Gasteiger partial charge >= 0.3 is 0 Å². The molecule has 0 unspecified atom stereocenters. The Balaban J connectivity index is 1.79. The standard InChI is InChI=1S/C21H20N2O2/c1-2-25-19-13-6-5-11-18(19)23-21(24)20-14-8-3-4-10-16(14)22-17-12-7-9-15(17)20/h3-6,8,10-11,13H,2,7,9,12H2,1H3,(H,23,24). The van der Waals surface area contributed by atoms with Gasteiger partial charge in [0.25, 0.3) is 5.91 Å². The fourth-order valence-corrected chi connectivity index (χ4v) is 3.51. The Morgan fingerprint density at radius 1 is 1.12 bits per heavy atom. The van der Waals surface area contributed by atoms with Crippen LogP contribution in [0.5, 0.6) is 5.75 Å². The van der Waals surface area contributed by atoms with Gasteiger partial charge in [-0.15, -0.1) is 0 Å². The number of carbonyl (C=O) groups excluding carboxylic acids is 1. The highest BCUT2D eigenvalue weighted by atomic mass is 16.5. The van der Waals surface area contributed by atoms with Gasteiger partial charge < -0.3 is 10.1 Å². The molecule has 1 aliphatic carbocycles. The van der Waals surface area contributed by atoms with Crippen LogP contribution in [-0.4, -0.2) is 17.5 Å². The number of hydrogen-bond donors (Lipinski definition) is 1. The van der Waals surface area contributed by atoms with Crippen molar-refractivity contribution in [3.05, 3.63) is 65.4 Å². The van der Waals surface area contributed by atoms with Gasteiger partial charge in [-0.1, -0.05) is 30.3 Å². The molecule has 0 aliphatic heterocycles. The van der Waals surface area contributed by atoms with E-state index in [1.165, 1.54) is 0 Å². The number of nitrogens with zero attached hydrogens (tertiary/aromatic N) is 1. The van der Waals surface area contributed by atoms with Gasteiger partial charge in [-0.05, 0) is 49.9 Å². The van der Waals surface area contributed by atoms with E-state index in [2.05, 4.69) is 5.32 Å².